The fourth-order valence-corrected chi connectivity index (χ4v) is 2.74. The van der Waals surface area contributed by atoms with E-state index in [1.165, 1.54) is 6.08 Å². The SMILES string of the molecule is O=Cc1ccccc1/C=C/C(=O)c1ccc2cc(NCCO)ccc2c1. The monoisotopic (exact) mass is 345 g/mol. The third-order valence-electron chi connectivity index (χ3n) is 4.10. The van der Waals surface area contributed by atoms with Gasteiger partial charge in [-0.3, -0.25) is 9.59 Å². The highest BCUT2D eigenvalue weighted by Crippen LogP contribution is 2.21. The molecule has 0 amide bonds. The lowest BCUT2D eigenvalue weighted by Crippen LogP contribution is -2.05. The summed E-state index contributed by atoms with van der Waals surface area (Å²) >= 11 is 0. The Labute approximate surface area is 151 Å². The van der Waals surface area contributed by atoms with Gasteiger partial charge in [0.25, 0.3) is 0 Å². The number of allylic oxidation sites excluding steroid dienone is 1. The molecule has 0 saturated carbocycles. The third-order valence-corrected chi connectivity index (χ3v) is 4.10. The third kappa shape index (κ3) is 4.05. The number of nitrogens with one attached hydrogen (secondary N) is 1. The van der Waals surface area contributed by atoms with E-state index in [-0.39, 0.29) is 12.4 Å². The molecule has 3 aromatic carbocycles. The number of aldehydes is 1. The van der Waals surface area contributed by atoms with E-state index in [9.17, 15) is 9.59 Å². The van der Waals surface area contributed by atoms with E-state index >= 15 is 0 Å². The number of hydrogen-bond acceptors (Lipinski definition) is 4. The van der Waals surface area contributed by atoms with Crippen LogP contribution in [0.4, 0.5) is 5.69 Å². The molecule has 4 heteroatoms. The summed E-state index contributed by atoms with van der Waals surface area (Å²) in [6.45, 7) is 0.570. The minimum absolute atomic E-state index is 0.0744. The van der Waals surface area contributed by atoms with Crippen molar-refractivity contribution in [1.29, 1.82) is 0 Å². The predicted molar refractivity (Wildman–Crippen MR) is 105 cm³/mol. The first-order valence-corrected chi connectivity index (χ1v) is 8.36. The number of aliphatic hydroxyl groups is 1. The molecule has 2 N–H and O–H groups in total. The van der Waals surface area contributed by atoms with E-state index in [0.29, 0.717) is 17.7 Å². The van der Waals surface area contributed by atoms with E-state index < -0.39 is 0 Å². The molecular weight excluding hydrogens is 326 g/mol. The van der Waals surface area contributed by atoms with Crippen LogP contribution in [0.3, 0.4) is 0 Å². The second kappa shape index (κ2) is 8.23. The van der Waals surface area contributed by atoms with Crippen LogP contribution >= 0.6 is 0 Å². The van der Waals surface area contributed by atoms with Gasteiger partial charge in [-0.15, -0.1) is 0 Å². The summed E-state index contributed by atoms with van der Waals surface area (Å²) in [4.78, 5) is 23.5. The number of carbonyl (C=O) groups excluding carboxylic acids is 2. The maximum absolute atomic E-state index is 12.5. The highest BCUT2D eigenvalue weighted by molar-refractivity contribution is 6.09. The van der Waals surface area contributed by atoms with E-state index in [1.54, 1.807) is 30.3 Å². The average molecular weight is 345 g/mol. The number of aliphatic hydroxyl groups excluding tert-OH is 1. The molecule has 0 heterocycles. The van der Waals surface area contributed by atoms with Gasteiger partial charge < -0.3 is 10.4 Å². The molecule has 0 aliphatic heterocycles. The quantitative estimate of drug-likeness (QED) is 0.386. The lowest BCUT2D eigenvalue weighted by molar-refractivity contribution is 0.104. The summed E-state index contributed by atoms with van der Waals surface area (Å²) in [6, 6.07) is 18.5. The number of hydrogen-bond donors (Lipinski definition) is 2. The van der Waals surface area contributed by atoms with Crippen molar-refractivity contribution in [2.75, 3.05) is 18.5 Å². The number of rotatable bonds is 7. The van der Waals surface area contributed by atoms with Crippen LogP contribution in [-0.4, -0.2) is 30.3 Å². The van der Waals surface area contributed by atoms with Gasteiger partial charge in [0, 0.05) is 23.4 Å². The predicted octanol–water partition coefficient (Wildman–Crippen LogP) is 3.95. The van der Waals surface area contributed by atoms with Crippen LogP contribution in [0.2, 0.25) is 0 Å². The normalized spacial score (nSPS) is 11.0. The Hall–Kier alpha value is -3.24. The highest BCUT2D eigenvalue weighted by atomic mass is 16.3. The van der Waals surface area contributed by atoms with Gasteiger partial charge in [-0.05, 0) is 40.6 Å². The van der Waals surface area contributed by atoms with Crippen molar-refractivity contribution in [3.63, 3.8) is 0 Å². The molecule has 4 nitrogen and oxygen atoms in total. The Morgan fingerprint density at radius 2 is 1.69 bits per heavy atom. The molecule has 0 aliphatic carbocycles. The summed E-state index contributed by atoms with van der Waals surface area (Å²) in [7, 11) is 0. The van der Waals surface area contributed by atoms with Crippen molar-refractivity contribution < 1.29 is 14.7 Å². The molecule has 0 fully saturated rings. The van der Waals surface area contributed by atoms with Gasteiger partial charge in [0.2, 0.25) is 0 Å². The van der Waals surface area contributed by atoms with Gasteiger partial charge in [0.15, 0.2) is 12.1 Å². The zero-order valence-electron chi connectivity index (χ0n) is 14.2. The van der Waals surface area contributed by atoms with Crippen LogP contribution in [0.15, 0.2) is 66.7 Å². The molecule has 0 aromatic heterocycles. The average Bonchev–Trinajstić information content (AvgIpc) is 2.70. The van der Waals surface area contributed by atoms with Crippen molar-refractivity contribution in [3.8, 4) is 0 Å². The second-order valence-electron chi connectivity index (χ2n) is 5.87. The van der Waals surface area contributed by atoms with Gasteiger partial charge >= 0.3 is 0 Å². The Kier molecular flexibility index (Phi) is 5.56. The molecule has 0 bridgehead atoms. The van der Waals surface area contributed by atoms with E-state index in [4.69, 9.17) is 5.11 Å². The van der Waals surface area contributed by atoms with E-state index in [0.717, 1.165) is 28.3 Å². The number of benzene rings is 3. The Morgan fingerprint density at radius 3 is 2.46 bits per heavy atom. The van der Waals surface area contributed by atoms with Crippen molar-refractivity contribution in [1.82, 2.24) is 0 Å². The maximum atomic E-state index is 12.5. The van der Waals surface area contributed by atoms with Crippen LogP contribution in [0.25, 0.3) is 16.8 Å². The van der Waals surface area contributed by atoms with Gasteiger partial charge in [-0.25, -0.2) is 0 Å². The first kappa shape index (κ1) is 17.6. The summed E-state index contributed by atoms with van der Waals surface area (Å²) in [5, 5.41) is 14.0. The molecule has 0 atom stereocenters. The number of carbonyl (C=O) groups is 2. The van der Waals surface area contributed by atoms with Gasteiger partial charge in [-0.1, -0.05) is 48.5 Å². The summed E-state index contributed by atoms with van der Waals surface area (Å²) < 4.78 is 0. The topological polar surface area (TPSA) is 66.4 Å². The lowest BCUT2D eigenvalue weighted by atomic mass is 10.0. The summed E-state index contributed by atoms with van der Waals surface area (Å²) in [5.74, 6) is -0.116. The molecule has 0 radical (unpaired) electrons. The van der Waals surface area contributed by atoms with Gasteiger partial charge in [0.05, 0.1) is 6.61 Å². The van der Waals surface area contributed by atoms with Gasteiger partial charge in [-0.2, -0.15) is 0 Å². The Balaban J connectivity index is 1.82. The minimum Gasteiger partial charge on any atom is -0.395 e. The lowest BCUT2D eigenvalue weighted by Gasteiger charge is -2.07. The fraction of sp³-hybridized carbons (Fsp3) is 0.0909. The zero-order chi connectivity index (χ0) is 18.4. The first-order valence-electron chi connectivity index (χ1n) is 8.36. The zero-order valence-corrected chi connectivity index (χ0v) is 14.2. The second-order valence-corrected chi connectivity index (χ2v) is 5.87. The molecule has 0 unspecified atom stereocenters. The first-order chi connectivity index (χ1) is 12.7. The van der Waals surface area contributed by atoms with E-state index in [1.807, 2.05) is 36.4 Å². The number of fused-ring (bicyclic) bond motifs is 1. The molecule has 26 heavy (non-hydrogen) atoms. The Bertz CT molecular complexity index is 976. The van der Waals surface area contributed by atoms with Crippen molar-refractivity contribution in [2.45, 2.75) is 0 Å². The Morgan fingerprint density at radius 1 is 0.962 bits per heavy atom. The van der Waals surface area contributed by atoms with Crippen molar-refractivity contribution >= 4 is 34.6 Å². The maximum Gasteiger partial charge on any atom is 0.185 e. The summed E-state index contributed by atoms with van der Waals surface area (Å²) in [5.41, 5.74) is 2.79. The highest BCUT2D eigenvalue weighted by Gasteiger charge is 2.05. The molecule has 3 aromatic rings. The van der Waals surface area contributed by atoms with Crippen molar-refractivity contribution in [2.24, 2.45) is 0 Å². The smallest absolute Gasteiger partial charge is 0.185 e. The molecular formula is C22H19NO3. The minimum atomic E-state index is -0.116. The molecule has 0 spiro atoms. The van der Waals surface area contributed by atoms with Gasteiger partial charge in [0.1, 0.15) is 0 Å². The van der Waals surface area contributed by atoms with Crippen LogP contribution < -0.4 is 5.32 Å². The molecule has 3 rings (SSSR count). The van der Waals surface area contributed by atoms with E-state index in [2.05, 4.69) is 5.32 Å². The standard InChI is InChI=1S/C22H19NO3/c24-12-11-23-21-9-7-17-13-19(6-5-18(17)14-21)22(26)10-8-16-3-1-2-4-20(16)15-25/h1-10,13-15,23-24H,11-12H2/b10-8+. The number of ketones is 1. The van der Waals surface area contributed by atoms with Crippen LogP contribution in [0.5, 0.6) is 0 Å². The van der Waals surface area contributed by atoms with Crippen LogP contribution in [0, 0.1) is 0 Å². The molecule has 0 aliphatic rings. The fourth-order valence-electron chi connectivity index (χ4n) is 2.74. The van der Waals surface area contributed by atoms with Crippen LogP contribution in [-0.2, 0) is 0 Å². The molecule has 0 saturated heterocycles. The number of anilines is 1. The van der Waals surface area contributed by atoms with Crippen molar-refractivity contribution in [3.05, 3.63) is 83.4 Å². The van der Waals surface area contributed by atoms with Crippen LogP contribution in [0.1, 0.15) is 26.3 Å². The molecule has 130 valence electrons. The summed E-state index contributed by atoms with van der Waals surface area (Å²) in [6.07, 6.45) is 3.93. The largest absolute Gasteiger partial charge is 0.395 e.